The summed E-state index contributed by atoms with van der Waals surface area (Å²) in [5.41, 5.74) is 5.64. The second kappa shape index (κ2) is 7.10. The molecule has 72 valence electrons. The van der Waals surface area contributed by atoms with E-state index in [0.29, 0.717) is 5.92 Å². The van der Waals surface area contributed by atoms with Gasteiger partial charge in [0.1, 0.15) is 0 Å². The second-order valence-corrected chi connectivity index (χ2v) is 3.01. The minimum Gasteiger partial charge on any atom is -0.387 e. The minimum atomic E-state index is 0.358. The molecular formula is C9H20N2O. The molecule has 12 heavy (non-hydrogen) atoms. The first kappa shape index (κ1) is 11.4. The monoisotopic (exact) mass is 172 g/mol. The number of amidine groups is 1. The van der Waals surface area contributed by atoms with Gasteiger partial charge in [-0.15, -0.1) is 0 Å². The Balaban J connectivity index is 3.34. The molecule has 0 aromatic heterocycles. The fourth-order valence-corrected chi connectivity index (χ4v) is 0.702. The average molecular weight is 172 g/mol. The Kier molecular flexibility index (Phi) is 6.76. The van der Waals surface area contributed by atoms with E-state index in [4.69, 9.17) is 10.5 Å². The van der Waals surface area contributed by atoms with E-state index in [9.17, 15) is 0 Å². The van der Waals surface area contributed by atoms with Crippen LogP contribution in [0, 0.1) is 5.92 Å². The number of hydrogen-bond acceptors (Lipinski definition) is 2. The molecular weight excluding hydrogens is 152 g/mol. The zero-order chi connectivity index (χ0) is 9.40. The summed E-state index contributed by atoms with van der Waals surface area (Å²) in [5.74, 6) is 1.10. The van der Waals surface area contributed by atoms with E-state index >= 15 is 0 Å². The molecule has 0 atom stereocenters. The van der Waals surface area contributed by atoms with Crippen LogP contribution < -0.4 is 5.73 Å². The van der Waals surface area contributed by atoms with Crippen molar-refractivity contribution >= 4 is 5.84 Å². The lowest BCUT2D eigenvalue weighted by Gasteiger charge is -2.03. The van der Waals surface area contributed by atoms with Gasteiger partial charge in [-0.1, -0.05) is 13.8 Å². The highest BCUT2D eigenvalue weighted by molar-refractivity contribution is 5.82. The standard InChI is InChI=1S/C9H20N2O/c1-4-12-7-5-6-11-9(10)8(2)3/h8H,4-7H2,1-3H3,(H2,10,11). The molecule has 2 N–H and O–H groups in total. The third-order valence-corrected chi connectivity index (χ3v) is 1.54. The fraction of sp³-hybridized carbons (Fsp3) is 0.889. The van der Waals surface area contributed by atoms with Gasteiger partial charge in [0, 0.05) is 25.7 Å². The molecule has 0 saturated heterocycles. The Morgan fingerprint density at radius 1 is 1.50 bits per heavy atom. The summed E-state index contributed by atoms with van der Waals surface area (Å²) in [6.45, 7) is 8.42. The maximum Gasteiger partial charge on any atom is 0.0962 e. The normalized spacial score (nSPS) is 12.5. The number of hydrogen-bond donors (Lipinski definition) is 1. The molecule has 0 aliphatic heterocycles. The summed E-state index contributed by atoms with van der Waals surface area (Å²) >= 11 is 0. The highest BCUT2D eigenvalue weighted by Crippen LogP contribution is 1.92. The number of nitrogens with zero attached hydrogens (tertiary/aromatic N) is 1. The first-order valence-corrected chi connectivity index (χ1v) is 4.56. The molecule has 0 aromatic carbocycles. The van der Waals surface area contributed by atoms with Crippen LogP contribution in [-0.4, -0.2) is 25.6 Å². The van der Waals surface area contributed by atoms with Crippen molar-refractivity contribution in [1.82, 2.24) is 0 Å². The molecule has 0 unspecified atom stereocenters. The molecule has 0 fully saturated rings. The van der Waals surface area contributed by atoms with Crippen LogP contribution in [0.3, 0.4) is 0 Å². The lowest BCUT2D eigenvalue weighted by molar-refractivity contribution is 0.146. The van der Waals surface area contributed by atoms with Crippen molar-refractivity contribution in [1.29, 1.82) is 0 Å². The third kappa shape index (κ3) is 6.16. The molecule has 0 aromatic rings. The maximum absolute atomic E-state index is 5.64. The molecule has 0 radical (unpaired) electrons. The summed E-state index contributed by atoms with van der Waals surface area (Å²) in [6.07, 6.45) is 0.960. The summed E-state index contributed by atoms with van der Waals surface area (Å²) < 4.78 is 5.17. The first-order valence-electron chi connectivity index (χ1n) is 4.56. The van der Waals surface area contributed by atoms with Gasteiger partial charge < -0.3 is 10.5 Å². The van der Waals surface area contributed by atoms with Crippen molar-refractivity contribution < 1.29 is 4.74 Å². The van der Waals surface area contributed by atoms with E-state index in [1.807, 2.05) is 20.8 Å². The van der Waals surface area contributed by atoms with Crippen LogP contribution in [0.25, 0.3) is 0 Å². The molecule has 0 aliphatic carbocycles. The highest BCUT2D eigenvalue weighted by atomic mass is 16.5. The molecule has 3 nitrogen and oxygen atoms in total. The summed E-state index contributed by atoms with van der Waals surface area (Å²) in [6, 6.07) is 0. The number of nitrogens with two attached hydrogens (primary N) is 1. The number of rotatable bonds is 6. The summed E-state index contributed by atoms with van der Waals surface area (Å²) in [7, 11) is 0. The van der Waals surface area contributed by atoms with Crippen molar-refractivity contribution in [2.45, 2.75) is 27.2 Å². The van der Waals surface area contributed by atoms with Gasteiger partial charge in [-0.3, -0.25) is 4.99 Å². The van der Waals surface area contributed by atoms with Gasteiger partial charge in [-0.05, 0) is 13.3 Å². The van der Waals surface area contributed by atoms with Crippen LogP contribution in [0.4, 0.5) is 0 Å². The van der Waals surface area contributed by atoms with Crippen molar-refractivity contribution in [3.63, 3.8) is 0 Å². The van der Waals surface area contributed by atoms with Crippen LogP contribution >= 0.6 is 0 Å². The van der Waals surface area contributed by atoms with Gasteiger partial charge in [-0.25, -0.2) is 0 Å². The molecule has 0 spiro atoms. The second-order valence-electron chi connectivity index (χ2n) is 3.01. The zero-order valence-electron chi connectivity index (χ0n) is 8.34. The predicted octanol–water partition coefficient (Wildman–Crippen LogP) is 1.43. The Hall–Kier alpha value is -0.570. The molecule has 0 bridgehead atoms. The SMILES string of the molecule is CCOCCCN=C(N)C(C)C. The lowest BCUT2D eigenvalue weighted by atomic mass is 10.2. The van der Waals surface area contributed by atoms with Gasteiger partial charge in [0.05, 0.1) is 5.84 Å². The Morgan fingerprint density at radius 3 is 2.67 bits per heavy atom. The molecule has 0 amide bonds. The largest absolute Gasteiger partial charge is 0.387 e. The predicted molar refractivity (Wildman–Crippen MR) is 52.4 cm³/mol. The van der Waals surface area contributed by atoms with E-state index < -0.39 is 0 Å². The molecule has 0 rings (SSSR count). The number of ether oxygens (including phenoxy) is 1. The highest BCUT2D eigenvalue weighted by Gasteiger charge is 1.96. The molecule has 0 saturated carbocycles. The molecule has 0 heterocycles. The lowest BCUT2D eigenvalue weighted by Crippen LogP contribution is -2.19. The summed E-state index contributed by atoms with van der Waals surface area (Å²) in [5, 5.41) is 0. The van der Waals surface area contributed by atoms with Crippen LogP contribution in [0.15, 0.2) is 4.99 Å². The van der Waals surface area contributed by atoms with Crippen LogP contribution in [-0.2, 0) is 4.74 Å². The minimum absolute atomic E-state index is 0.358. The maximum atomic E-state index is 5.64. The Labute approximate surface area is 75.0 Å². The number of aliphatic imine (C=N–C) groups is 1. The van der Waals surface area contributed by atoms with Crippen molar-refractivity contribution in [3.8, 4) is 0 Å². The van der Waals surface area contributed by atoms with E-state index in [0.717, 1.165) is 32.0 Å². The van der Waals surface area contributed by atoms with Crippen molar-refractivity contribution in [2.24, 2.45) is 16.6 Å². The van der Waals surface area contributed by atoms with Gasteiger partial charge >= 0.3 is 0 Å². The van der Waals surface area contributed by atoms with E-state index in [-0.39, 0.29) is 0 Å². The van der Waals surface area contributed by atoms with Crippen LogP contribution in [0.2, 0.25) is 0 Å². The quantitative estimate of drug-likeness (QED) is 0.374. The van der Waals surface area contributed by atoms with Gasteiger partial charge in [-0.2, -0.15) is 0 Å². The van der Waals surface area contributed by atoms with Gasteiger partial charge in [0.2, 0.25) is 0 Å². The van der Waals surface area contributed by atoms with E-state index in [1.54, 1.807) is 0 Å². The smallest absolute Gasteiger partial charge is 0.0962 e. The zero-order valence-corrected chi connectivity index (χ0v) is 8.34. The molecule has 0 aliphatic rings. The van der Waals surface area contributed by atoms with Gasteiger partial charge in [0.15, 0.2) is 0 Å². The van der Waals surface area contributed by atoms with Crippen molar-refractivity contribution in [2.75, 3.05) is 19.8 Å². The average Bonchev–Trinajstić information content (AvgIpc) is 2.03. The Morgan fingerprint density at radius 2 is 2.17 bits per heavy atom. The summed E-state index contributed by atoms with van der Waals surface area (Å²) in [4.78, 5) is 4.21. The van der Waals surface area contributed by atoms with E-state index in [2.05, 4.69) is 4.99 Å². The van der Waals surface area contributed by atoms with Crippen LogP contribution in [0.5, 0.6) is 0 Å². The van der Waals surface area contributed by atoms with Crippen LogP contribution in [0.1, 0.15) is 27.2 Å². The fourth-order valence-electron chi connectivity index (χ4n) is 0.702. The van der Waals surface area contributed by atoms with Crippen molar-refractivity contribution in [3.05, 3.63) is 0 Å². The topological polar surface area (TPSA) is 47.6 Å². The van der Waals surface area contributed by atoms with E-state index in [1.165, 1.54) is 0 Å². The molecule has 3 heteroatoms. The van der Waals surface area contributed by atoms with Gasteiger partial charge in [0.25, 0.3) is 0 Å². The first-order chi connectivity index (χ1) is 5.68. The third-order valence-electron chi connectivity index (χ3n) is 1.54. The Bertz CT molecular complexity index is 132.